The average Bonchev–Trinajstić information content (AvgIpc) is 3.44. The highest BCUT2D eigenvalue weighted by Crippen LogP contribution is 2.24. The number of aryl methyl sites for hydroxylation is 1. The number of carbonyl (C=O) groups excluding carboxylic acids is 1. The van der Waals surface area contributed by atoms with Crippen LogP contribution in [0.4, 0.5) is 5.69 Å². The summed E-state index contributed by atoms with van der Waals surface area (Å²) in [5, 5.41) is 10.5. The highest BCUT2D eigenvalue weighted by atomic mass is 16.1. The van der Waals surface area contributed by atoms with Crippen LogP contribution in [-0.2, 0) is 0 Å². The molecule has 0 aliphatic heterocycles. The fourth-order valence-corrected chi connectivity index (χ4v) is 3.33. The number of H-pyrrole nitrogens is 1. The summed E-state index contributed by atoms with van der Waals surface area (Å²) in [6.07, 6.45) is 3.22. The maximum atomic E-state index is 12.7. The van der Waals surface area contributed by atoms with Crippen molar-refractivity contribution < 1.29 is 4.79 Å². The third-order valence-electron chi connectivity index (χ3n) is 4.88. The number of benzene rings is 3. The van der Waals surface area contributed by atoms with Crippen LogP contribution in [0.25, 0.3) is 28.1 Å². The number of hydrogen-bond donors (Lipinski definition) is 2. The average molecular weight is 394 g/mol. The van der Waals surface area contributed by atoms with Crippen molar-refractivity contribution in [3.63, 3.8) is 0 Å². The van der Waals surface area contributed by atoms with Crippen LogP contribution >= 0.6 is 0 Å². The number of nitrogens with zero attached hydrogens (tertiary/aromatic N) is 4. The van der Waals surface area contributed by atoms with Crippen LogP contribution in [-0.4, -0.2) is 30.6 Å². The highest BCUT2D eigenvalue weighted by molar-refractivity contribution is 6.04. The van der Waals surface area contributed by atoms with Crippen molar-refractivity contribution in [2.75, 3.05) is 5.32 Å². The molecule has 5 aromatic rings. The van der Waals surface area contributed by atoms with Crippen LogP contribution < -0.4 is 5.32 Å². The molecule has 0 aliphatic rings. The number of imidazole rings is 1. The van der Waals surface area contributed by atoms with Crippen LogP contribution in [0.3, 0.4) is 0 Å². The number of amides is 1. The molecular weight excluding hydrogens is 376 g/mol. The van der Waals surface area contributed by atoms with E-state index in [4.69, 9.17) is 0 Å². The van der Waals surface area contributed by atoms with Crippen LogP contribution in [0.5, 0.6) is 0 Å². The highest BCUT2D eigenvalue weighted by Gasteiger charge is 2.10. The summed E-state index contributed by atoms with van der Waals surface area (Å²) in [6.45, 7) is 2.05. The summed E-state index contributed by atoms with van der Waals surface area (Å²) in [7, 11) is 0. The van der Waals surface area contributed by atoms with E-state index in [1.165, 1.54) is 5.56 Å². The fourth-order valence-electron chi connectivity index (χ4n) is 3.33. The Bertz CT molecular complexity index is 1340. The molecule has 0 bridgehead atoms. The lowest BCUT2D eigenvalue weighted by Gasteiger charge is -2.08. The maximum absolute atomic E-state index is 12.7. The van der Waals surface area contributed by atoms with E-state index in [0.717, 1.165) is 28.1 Å². The molecule has 5 rings (SSSR count). The monoisotopic (exact) mass is 394 g/mol. The smallest absolute Gasteiger partial charge is 0.255 e. The van der Waals surface area contributed by atoms with E-state index >= 15 is 0 Å². The zero-order valence-electron chi connectivity index (χ0n) is 16.2. The largest absolute Gasteiger partial charge is 0.338 e. The standard InChI is InChI=1S/C23H18N6O/c1-15-5-10-20-21(11-15)28-22(27-20)17-3-2-4-18(12-17)26-23(30)16-6-8-19(9-7-16)29-13-24-25-14-29/h2-14H,1H3,(H,26,30)(H,27,28). The molecule has 146 valence electrons. The Hall–Kier alpha value is -4.26. The summed E-state index contributed by atoms with van der Waals surface area (Å²) in [5.41, 5.74) is 6.15. The SMILES string of the molecule is Cc1ccc2nc(-c3cccc(NC(=O)c4ccc(-n5cnnc5)cc4)c3)[nH]c2c1. The van der Waals surface area contributed by atoms with Gasteiger partial charge in [-0.3, -0.25) is 9.36 Å². The number of aromatic amines is 1. The summed E-state index contributed by atoms with van der Waals surface area (Å²) in [4.78, 5) is 20.7. The van der Waals surface area contributed by atoms with Gasteiger partial charge in [0.25, 0.3) is 5.91 Å². The van der Waals surface area contributed by atoms with E-state index in [2.05, 4.69) is 38.5 Å². The number of aromatic nitrogens is 5. The van der Waals surface area contributed by atoms with Gasteiger partial charge in [-0.2, -0.15) is 0 Å². The van der Waals surface area contributed by atoms with Crippen LogP contribution in [0.2, 0.25) is 0 Å². The van der Waals surface area contributed by atoms with Gasteiger partial charge in [-0.05, 0) is 61.0 Å². The second-order valence-corrected chi connectivity index (χ2v) is 7.06. The van der Waals surface area contributed by atoms with Crippen LogP contribution in [0.1, 0.15) is 15.9 Å². The zero-order valence-corrected chi connectivity index (χ0v) is 16.2. The van der Waals surface area contributed by atoms with E-state index in [9.17, 15) is 4.79 Å². The number of hydrogen-bond acceptors (Lipinski definition) is 4. The molecule has 0 saturated carbocycles. The third-order valence-corrected chi connectivity index (χ3v) is 4.88. The van der Waals surface area contributed by atoms with Crippen molar-refractivity contribution >= 4 is 22.6 Å². The Morgan fingerprint density at radius 3 is 2.57 bits per heavy atom. The summed E-state index contributed by atoms with van der Waals surface area (Å²) >= 11 is 0. The number of anilines is 1. The van der Waals surface area contributed by atoms with Crippen molar-refractivity contribution in [3.8, 4) is 17.1 Å². The second-order valence-electron chi connectivity index (χ2n) is 7.06. The molecule has 7 nitrogen and oxygen atoms in total. The Morgan fingerprint density at radius 2 is 1.77 bits per heavy atom. The minimum atomic E-state index is -0.178. The first-order valence-corrected chi connectivity index (χ1v) is 9.49. The van der Waals surface area contributed by atoms with E-state index in [1.807, 2.05) is 48.5 Å². The normalized spacial score (nSPS) is 11.0. The molecule has 0 radical (unpaired) electrons. The molecule has 7 heteroatoms. The lowest BCUT2D eigenvalue weighted by atomic mass is 10.1. The lowest BCUT2D eigenvalue weighted by molar-refractivity contribution is 0.102. The van der Waals surface area contributed by atoms with Crippen LogP contribution in [0, 0.1) is 6.92 Å². The predicted molar refractivity (Wildman–Crippen MR) is 116 cm³/mol. The van der Waals surface area contributed by atoms with E-state index in [1.54, 1.807) is 29.4 Å². The molecule has 0 fully saturated rings. The minimum absolute atomic E-state index is 0.178. The molecule has 2 aromatic heterocycles. The van der Waals surface area contributed by atoms with Gasteiger partial charge in [0, 0.05) is 22.5 Å². The number of fused-ring (bicyclic) bond motifs is 1. The summed E-state index contributed by atoms with van der Waals surface area (Å²) < 4.78 is 1.78. The van der Waals surface area contributed by atoms with Gasteiger partial charge in [0.15, 0.2) is 0 Å². The van der Waals surface area contributed by atoms with Crippen molar-refractivity contribution in [3.05, 3.63) is 90.5 Å². The summed E-state index contributed by atoms with van der Waals surface area (Å²) in [5.74, 6) is 0.590. The first-order valence-electron chi connectivity index (χ1n) is 9.49. The lowest BCUT2D eigenvalue weighted by Crippen LogP contribution is -2.11. The number of rotatable bonds is 4. The molecule has 2 heterocycles. The maximum Gasteiger partial charge on any atom is 0.255 e. The van der Waals surface area contributed by atoms with Gasteiger partial charge in [0.1, 0.15) is 18.5 Å². The van der Waals surface area contributed by atoms with Gasteiger partial charge in [0.05, 0.1) is 11.0 Å². The van der Waals surface area contributed by atoms with Gasteiger partial charge in [-0.25, -0.2) is 4.98 Å². The number of nitrogens with one attached hydrogen (secondary N) is 2. The van der Waals surface area contributed by atoms with E-state index < -0.39 is 0 Å². The van der Waals surface area contributed by atoms with Crippen molar-refractivity contribution in [1.82, 2.24) is 24.7 Å². The minimum Gasteiger partial charge on any atom is -0.338 e. The predicted octanol–water partition coefficient (Wildman–Crippen LogP) is 4.37. The third kappa shape index (κ3) is 3.44. The van der Waals surface area contributed by atoms with Gasteiger partial charge in [0.2, 0.25) is 0 Å². The molecule has 3 aromatic carbocycles. The second kappa shape index (κ2) is 7.29. The van der Waals surface area contributed by atoms with Crippen molar-refractivity contribution in [2.24, 2.45) is 0 Å². The molecule has 0 saturated heterocycles. The molecule has 0 atom stereocenters. The topological polar surface area (TPSA) is 88.5 Å². The molecule has 1 amide bonds. The number of carbonyl (C=O) groups is 1. The van der Waals surface area contributed by atoms with Crippen molar-refractivity contribution in [1.29, 1.82) is 0 Å². The van der Waals surface area contributed by atoms with Crippen LogP contribution in [0.15, 0.2) is 79.4 Å². The Labute approximate surface area is 172 Å². The Balaban J connectivity index is 1.36. The quantitative estimate of drug-likeness (QED) is 0.474. The molecule has 30 heavy (non-hydrogen) atoms. The Kier molecular flexibility index (Phi) is 4.33. The van der Waals surface area contributed by atoms with Gasteiger partial charge < -0.3 is 10.3 Å². The van der Waals surface area contributed by atoms with Gasteiger partial charge >= 0.3 is 0 Å². The molecule has 0 unspecified atom stereocenters. The molecular formula is C23H18N6O. The zero-order chi connectivity index (χ0) is 20.5. The van der Waals surface area contributed by atoms with Crippen molar-refractivity contribution in [2.45, 2.75) is 6.92 Å². The summed E-state index contributed by atoms with van der Waals surface area (Å²) in [6, 6.07) is 21.0. The fraction of sp³-hybridized carbons (Fsp3) is 0.0435. The van der Waals surface area contributed by atoms with E-state index in [-0.39, 0.29) is 5.91 Å². The first-order chi connectivity index (χ1) is 14.7. The van der Waals surface area contributed by atoms with Gasteiger partial charge in [-0.1, -0.05) is 18.2 Å². The molecule has 0 spiro atoms. The Morgan fingerprint density at radius 1 is 0.967 bits per heavy atom. The van der Waals surface area contributed by atoms with Gasteiger partial charge in [-0.15, -0.1) is 10.2 Å². The first kappa shape index (κ1) is 17.8. The van der Waals surface area contributed by atoms with E-state index in [0.29, 0.717) is 11.3 Å². The molecule has 0 aliphatic carbocycles. The molecule has 2 N–H and O–H groups in total.